The molecule has 4 heteroatoms. The van der Waals surface area contributed by atoms with Crippen molar-refractivity contribution in [2.45, 2.75) is 32.7 Å². The van der Waals surface area contributed by atoms with E-state index in [0.717, 1.165) is 30.0 Å². The van der Waals surface area contributed by atoms with E-state index in [4.69, 9.17) is 14.6 Å². The molecule has 1 atom stereocenters. The molecule has 0 fully saturated rings. The summed E-state index contributed by atoms with van der Waals surface area (Å²) in [6, 6.07) is 5.97. The molecule has 0 radical (unpaired) electrons. The molecule has 0 spiro atoms. The van der Waals surface area contributed by atoms with Gasteiger partial charge in [0.05, 0.1) is 19.3 Å². The van der Waals surface area contributed by atoms with Crippen LogP contribution >= 0.6 is 0 Å². The maximum atomic E-state index is 8.82. The molecule has 108 valence electrons. The Bertz CT molecular complexity index is 368. The van der Waals surface area contributed by atoms with Crippen LogP contribution in [0.15, 0.2) is 18.2 Å². The lowest BCUT2D eigenvalue weighted by Crippen LogP contribution is -2.20. The molecule has 2 N–H and O–H groups in total. The second-order valence-electron chi connectivity index (χ2n) is 4.47. The first-order valence-electron chi connectivity index (χ1n) is 6.88. The van der Waals surface area contributed by atoms with Crippen LogP contribution < -0.4 is 14.8 Å². The van der Waals surface area contributed by atoms with E-state index in [-0.39, 0.29) is 12.6 Å². The second-order valence-corrected chi connectivity index (χ2v) is 4.47. The third-order valence-corrected chi connectivity index (χ3v) is 2.94. The van der Waals surface area contributed by atoms with Crippen LogP contribution in [0.25, 0.3) is 0 Å². The van der Waals surface area contributed by atoms with Crippen molar-refractivity contribution in [2.75, 3.05) is 26.9 Å². The first-order valence-corrected chi connectivity index (χ1v) is 6.88. The van der Waals surface area contributed by atoms with Crippen LogP contribution in [0.4, 0.5) is 0 Å². The second kappa shape index (κ2) is 8.77. The highest BCUT2D eigenvalue weighted by atomic mass is 16.5. The highest BCUT2D eigenvalue weighted by Crippen LogP contribution is 2.34. The maximum absolute atomic E-state index is 8.82. The fourth-order valence-electron chi connectivity index (χ4n) is 1.96. The minimum atomic E-state index is 0.142. The highest BCUT2D eigenvalue weighted by molar-refractivity contribution is 5.46. The predicted molar refractivity (Wildman–Crippen MR) is 76.9 cm³/mol. The van der Waals surface area contributed by atoms with Gasteiger partial charge in [0, 0.05) is 19.1 Å². The average molecular weight is 267 g/mol. The number of hydrogen-bond donors (Lipinski definition) is 2. The Hall–Kier alpha value is -1.26. The van der Waals surface area contributed by atoms with Gasteiger partial charge in [-0.3, -0.25) is 0 Å². The Morgan fingerprint density at radius 2 is 2.05 bits per heavy atom. The lowest BCUT2D eigenvalue weighted by atomic mass is 10.1. The van der Waals surface area contributed by atoms with Gasteiger partial charge in [0.2, 0.25) is 0 Å². The number of aliphatic hydroxyl groups excluding tert-OH is 1. The zero-order chi connectivity index (χ0) is 14.1. The van der Waals surface area contributed by atoms with Gasteiger partial charge in [-0.05, 0) is 32.0 Å². The Balaban J connectivity index is 2.88. The summed E-state index contributed by atoms with van der Waals surface area (Å²) < 4.78 is 11.2. The maximum Gasteiger partial charge on any atom is 0.127 e. The van der Waals surface area contributed by atoms with E-state index in [1.165, 1.54) is 0 Å². The van der Waals surface area contributed by atoms with Gasteiger partial charge in [-0.2, -0.15) is 0 Å². The largest absolute Gasteiger partial charge is 0.496 e. The summed E-state index contributed by atoms with van der Waals surface area (Å²) in [6.45, 7) is 5.85. The van der Waals surface area contributed by atoms with E-state index in [1.807, 2.05) is 18.2 Å². The molecule has 0 saturated carbocycles. The van der Waals surface area contributed by atoms with Gasteiger partial charge >= 0.3 is 0 Å². The number of nitrogens with one attached hydrogen (secondary N) is 1. The quantitative estimate of drug-likeness (QED) is 0.675. The smallest absolute Gasteiger partial charge is 0.127 e. The summed E-state index contributed by atoms with van der Waals surface area (Å²) in [7, 11) is 1.67. The van der Waals surface area contributed by atoms with E-state index in [9.17, 15) is 0 Å². The van der Waals surface area contributed by atoms with Crippen molar-refractivity contribution in [3.8, 4) is 11.5 Å². The summed E-state index contributed by atoms with van der Waals surface area (Å²) in [4.78, 5) is 0. The van der Waals surface area contributed by atoms with Crippen LogP contribution in [0.1, 0.15) is 38.3 Å². The zero-order valence-corrected chi connectivity index (χ0v) is 12.1. The molecule has 0 heterocycles. The summed E-state index contributed by atoms with van der Waals surface area (Å²) in [5.74, 6) is 1.65. The number of hydrogen-bond acceptors (Lipinski definition) is 4. The molecule has 4 nitrogen and oxygen atoms in total. The first-order chi connectivity index (χ1) is 9.24. The van der Waals surface area contributed by atoms with Gasteiger partial charge in [-0.1, -0.05) is 13.0 Å². The van der Waals surface area contributed by atoms with Gasteiger partial charge in [-0.15, -0.1) is 0 Å². The molecule has 1 unspecified atom stereocenters. The Labute approximate surface area is 115 Å². The molecule has 0 amide bonds. The minimum Gasteiger partial charge on any atom is -0.496 e. The third kappa shape index (κ3) is 4.73. The fourth-order valence-corrected chi connectivity index (χ4v) is 1.96. The molecule has 0 aliphatic rings. The van der Waals surface area contributed by atoms with Crippen LogP contribution in [0.3, 0.4) is 0 Å². The number of benzene rings is 1. The van der Waals surface area contributed by atoms with Crippen molar-refractivity contribution in [3.63, 3.8) is 0 Å². The summed E-state index contributed by atoms with van der Waals surface area (Å²) in [6.07, 6.45) is 1.72. The normalized spacial score (nSPS) is 12.2. The molecule has 0 aromatic heterocycles. The van der Waals surface area contributed by atoms with Gasteiger partial charge < -0.3 is 19.9 Å². The summed E-state index contributed by atoms with van der Waals surface area (Å²) in [5, 5.41) is 12.3. The van der Waals surface area contributed by atoms with Crippen LogP contribution in [-0.2, 0) is 0 Å². The van der Waals surface area contributed by atoms with Crippen LogP contribution in [0.5, 0.6) is 11.5 Å². The molecule has 1 rings (SSSR count). The molecule has 0 saturated heterocycles. The molecule has 0 aliphatic carbocycles. The van der Waals surface area contributed by atoms with Gasteiger partial charge in [-0.25, -0.2) is 0 Å². The van der Waals surface area contributed by atoms with E-state index >= 15 is 0 Å². The number of methoxy groups -OCH3 is 1. The van der Waals surface area contributed by atoms with Crippen molar-refractivity contribution in [1.82, 2.24) is 5.32 Å². The fraction of sp³-hybridized carbons (Fsp3) is 0.600. The van der Waals surface area contributed by atoms with Crippen LogP contribution in [0, 0.1) is 0 Å². The summed E-state index contributed by atoms with van der Waals surface area (Å²) in [5.41, 5.74) is 1.04. The molecule has 1 aromatic carbocycles. The Kier molecular flexibility index (Phi) is 7.30. The van der Waals surface area contributed by atoms with E-state index in [0.29, 0.717) is 13.0 Å². The number of rotatable bonds is 9. The Morgan fingerprint density at radius 1 is 1.32 bits per heavy atom. The van der Waals surface area contributed by atoms with E-state index < -0.39 is 0 Å². The van der Waals surface area contributed by atoms with Gasteiger partial charge in [0.25, 0.3) is 0 Å². The van der Waals surface area contributed by atoms with E-state index in [2.05, 4.69) is 19.2 Å². The van der Waals surface area contributed by atoms with Crippen LogP contribution in [-0.4, -0.2) is 32.0 Å². The monoisotopic (exact) mass is 267 g/mol. The molecular formula is C15H25NO3. The van der Waals surface area contributed by atoms with Crippen molar-refractivity contribution in [3.05, 3.63) is 23.8 Å². The zero-order valence-electron chi connectivity index (χ0n) is 12.1. The van der Waals surface area contributed by atoms with Crippen molar-refractivity contribution in [1.29, 1.82) is 0 Å². The lowest BCUT2D eigenvalue weighted by molar-refractivity contribution is 0.231. The first kappa shape index (κ1) is 15.8. The van der Waals surface area contributed by atoms with Gasteiger partial charge in [0.1, 0.15) is 11.5 Å². The topological polar surface area (TPSA) is 50.7 Å². The standard InChI is InChI=1S/C15H25NO3/c1-4-9-16-12(2)15-13(18-3)7-5-8-14(15)19-11-6-10-17/h5,7-8,12,16-17H,4,6,9-11H2,1-3H3. The SMILES string of the molecule is CCCNC(C)c1c(OC)cccc1OCCCO. The lowest BCUT2D eigenvalue weighted by Gasteiger charge is -2.20. The Morgan fingerprint density at radius 3 is 2.68 bits per heavy atom. The number of aliphatic hydroxyl groups is 1. The summed E-state index contributed by atoms with van der Waals surface area (Å²) >= 11 is 0. The third-order valence-electron chi connectivity index (χ3n) is 2.94. The molecule has 19 heavy (non-hydrogen) atoms. The van der Waals surface area contributed by atoms with Crippen molar-refractivity contribution >= 4 is 0 Å². The molecule has 0 aliphatic heterocycles. The van der Waals surface area contributed by atoms with E-state index in [1.54, 1.807) is 7.11 Å². The predicted octanol–water partition coefficient (Wildman–Crippen LogP) is 2.52. The van der Waals surface area contributed by atoms with Crippen molar-refractivity contribution < 1.29 is 14.6 Å². The molecule has 1 aromatic rings. The van der Waals surface area contributed by atoms with Crippen LogP contribution in [0.2, 0.25) is 0 Å². The number of ether oxygens (including phenoxy) is 2. The highest BCUT2D eigenvalue weighted by Gasteiger charge is 2.16. The minimum absolute atomic E-state index is 0.142. The molecule has 0 bridgehead atoms. The van der Waals surface area contributed by atoms with Gasteiger partial charge in [0.15, 0.2) is 0 Å². The van der Waals surface area contributed by atoms with Crippen molar-refractivity contribution in [2.24, 2.45) is 0 Å². The average Bonchev–Trinajstić information content (AvgIpc) is 2.44. The molecular weight excluding hydrogens is 242 g/mol.